The molecule has 1 heterocycles. The SMILES string of the molecule is CCCCCC(Cc1csc(C)n1)NN. The molecule has 0 aliphatic heterocycles. The van der Waals surface area contributed by atoms with Crippen molar-refractivity contribution in [3.63, 3.8) is 0 Å². The van der Waals surface area contributed by atoms with E-state index < -0.39 is 0 Å². The van der Waals surface area contributed by atoms with Crippen LogP contribution in [0.1, 0.15) is 43.3 Å². The zero-order valence-corrected chi connectivity index (χ0v) is 10.4. The molecule has 0 aromatic carbocycles. The summed E-state index contributed by atoms with van der Waals surface area (Å²) >= 11 is 1.71. The van der Waals surface area contributed by atoms with Crippen molar-refractivity contribution in [2.75, 3.05) is 0 Å². The molecular formula is C11H21N3S. The normalized spacial score (nSPS) is 13.0. The van der Waals surface area contributed by atoms with Gasteiger partial charge in [0.1, 0.15) is 0 Å². The van der Waals surface area contributed by atoms with Crippen LogP contribution in [-0.4, -0.2) is 11.0 Å². The number of hydrogen-bond acceptors (Lipinski definition) is 4. The van der Waals surface area contributed by atoms with Crippen molar-refractivity contribution in [2.24, 2.45) is 5.84 Å². The number of hydrazine groups is 1. The summed E-state index contributed by atoms with van der Waals surface area (Å²) in [6.45, 7) is 4.25. The van der Waals surface area contributed by atoms with Gasteiger partial charge in [-0.15, -0.1) is 11.3 Å². The van der Waals surface area contributed by atoms with E-state index in [0.29, 0.717) is 6.04 Å². The third-order valence-electron chi connectivity index (χ3n) is 2.51. The Morgan fingerprint density at radius 1 is 1.53 bits per heavy atom. The lowest BCUT2D eigenvalue weighted by atomic mass is 10.1. The molecule has 0 fully saturated rings. The second-order valence-corrected chi connectivity index (χ2v) is 4.98. The molecule has 0 saturated carbocycles. The summed E-state index contributed by atoms with van der Waals surface area (Å²) in [6.07, 6.45) is 5.88. The quantitative estimate of drug-likeness (QED) is 0.427. The lowest BCUT2D eigenvalue weighted by Crippen LogP contribution is -2.36. The van der Waals surface area contributed by atoms with E-state index in [1.807, 2.05) is 6.92 Å². The molecule has 0 bridgehead atoms. The summed E-state index contributed by atoms with van der Waals surface area (Å²) in [6, 6.07) is 0.373. The third kappa shape index (κ3) is 4.73. The van der Waals surface area contributed by atoms with E-state index in [4.69, 9.17) is 5.84 Å². The number of aromatic nitrogens is 1. The van der Waals surface area contributed by atoms with Crippen LogP contribution in [0.5, 0.6) is 0 Å². The van der Waals surface area contributed by atoms with Crippen molar-refractivity contribution in [2.45, 2.75) is 52.0 Å². The smallest absolute Gasteiger partial charge is 0.0897 e. The Hall–Kier alpha value is -0.450. The van der Waals surface area contributed by atoms with Crippen LogP contribution in [0.15, 0.2) is 5.38 Å². The van der Waals surface area contributed by atoms with Crippen LogP contribution in [0.25, 0.3) is 0 Å². The predicted octanol–water partition coefficient (Wildman–Crippen LogP) is 2.41. The Labute approximate surface area is 96.1 Å². The van der Waals surface area contributed by atoms with Gasteiger partial charge in [0.25, 0.3) is 0 Å². The lowest BCUT2D eigenvalue weighted by molar-refractivity contribution is 0.464. The number of nitrogens with zero attached hydrogens (tertiary/aromatic N) is 1. The Bertz CT molecular complexity index is 273. The minimum absolute atomic E-state index is 0.373. The fourth-order valence-electron chi connectivity index (χ4n) is 1.64. The molecule has 1 rings (SSSR count). The van der Waals surface area contributed by atoms with Crippen molar-refractivity contribution in [3.05, 3.63) is 16.1 Å². The summed E-state index contributed by atoms with van der Waals surface area (Å²) in [4.78, 5) is 4.45. The highest BCUT2D eigenvalue weighted by Crippen LogP contribution is 2.12. The van der Waals surface area contributed by atoms with Crippen molar-refractivity contribution in [3.8, 4) is 0 Å². The summed E-state index contributed by atoms with van der Waals surface area (Å²) in [7, 11) is 0. The van der Waals surface area contributed by atoms with E-state index >= 15 is 0 Å². The first-order valence-electron chi connectivity index (χ1n) is 5.63. The first-order chi connectivity index (χ1) is 7.26. The molecule has 3 nitrogen and oxygen atoms in total. The van der Waals surface area contributed by atoms with Gasteiger partial charge in [-0.05, 0) is 13.3 Å². The number of aryl methyl sites for hydroxylation is 1. The molecular weight excluding hydrogens is 206 g/mol. The van der Waals surface area contributed by atoms with Crippen LogP contribution >= 0.6 is 11.3 Å². The molecule has 0 aliphatic carbocycles. The van der Waals surface area contributed by atoms with E-state index in [2.05, 4.69) is 22.7 Å². The fraction of sp³-hybridized carbons (Fsp3) is 0.727. The van der Waals surface area contributed by atoms with Gasteiger partial charge in [-0.3, -0.25) is 11.3 Å². The highest BCUT2D eigenvalue weighted by Gasteiger charge is 2.09. The molecule has 15 heavy (non-hydrogen) atoms. The Morgan fingerprint density at radius 3 is 2.87 bits per heavy atom. The maximum Gasteiger partial charge on any atom is 0.0897 e. The molecule has 0 spiro atoms. The molecule has 1 unspecified atom stereocenters. The van der Waals surface area contributed by atoms with Crippen molar-refractivity contribution >= 4 is 11.3 Å². The van der Waals surface area contributed by atoms with Crippen LogP contribution in [0.2, 0.25) is 0 Å². The second-order valence-electron chi connectivity index (χ2n) is 3.92. The first kappa shape index (κ1) is 12.6. The molecule has 0 aliphatic rings. The van der Waals surface area contributed by atoms with Crippen LogP contribution < -0.4 is 11.3 Å². The van der Waals surface area contributed by atoms with Gasteiger partial charge in [0.15, 0.2) is 0 Å². The highest BCUT2D eigenvalue weighted by atomic mass is 32.1. The summed E-state index contributed by atoms with van der Waals surface area (Å²) in [5, 5.41) is 3.26. The van der Waals surface area contributed by atoms with Crippen LogP contribution in [0.4, 0.5) is 0 Å². The second kappa shape index (κ2) is 6.93. The number of nitrogens with two attached hydrogens (primary N) is 1. The monoisotopic (exact) mass is 227 g/mol. The Morgan fingerprint density at radius 2 is 2.33 bits per heavy atom. The Balaban J connectivity index is 2.33. The molecule has 0 saturated heterocycles. The molecule has 1 aromatic heterocycles. The summed E-state index contributed by atoms with van der Waals surface area (Å²) < 4.78 is 0. The van der Waals surface area contributed by atoms with Gasteiger partial charge in [-0.2, -0.15) is 0 Å². The molecule has 4 heteroatoms. The molecule has 0 radical (unpaired) electrons. The highest BCUT2D eigenvalue weighted by molar-refractivity contribution is 7.09. The minimum Gasteiger partial charge on any atom is -0.271 e. The van der Waals surface area contributed by atoms with Gasteiger partial charge >= 0.3 is 0 Å². The number of nitrogens with one attached hydrogen (secondary N) is 1. The third-order valence-corrected chi connectivity index (χ3v) is 3.34. The zero-order chi connectivity index (χ0) is 11.1. The number of unbranched alkanes of at least 4 members (excludes halogenated alkanes) is 2. The Kier molecular flexibility index (Phi) is 5.83. The van der Waals surface area contributed by atoms with Gasteiger partial charge in [-0.1, -0.05) is 26.2 Å². The van der Waals surface area contributed by atoms with E-state index in [1.165, 1.54) is 19.3 Å². The number of hydrogen-bond donors (Lipinski definition) is 2. The van der Waals surface area contributed by atoms with Crippen molar-refractivity contribution < 1.29 is 0 Å². The molecule has 0 amide bonds. The van der Waals surface area contributed by atoms with E-state index in [-0.39, 0.29) is 0 Å². The van der Waals surface area contributed by atoms with E-state index in [9.17, 15) is 0 Å². The number of thiazole rings is 1. The van der Waals surface area contributed by atoms with Gasteiger partial charge in [0.05, 0.1) is 10.7 Å². The van der Waals surface area contributed by atoms with Crippen molar-refractivity contribution in [1.82, 2.24) is 10.4 Å². The summed E-state index contributed by atoms with van der Waals surface area (Å²) in [5.41, 5.74) is 4.05. The van der Waals surface area contributed by atoms with E-state index in [1.54, 1.807) is 11.3 Å². The van der Waals surface area contributed by atoms with Crippen LogP contribution in [0.3, 0.4) is 0 Å². The van der Waals surface area contributed by atoms with Crippen LogP contribution in [0, 0.1) is 6.92 Å². The fourth-order valence-corrected chi connectivity index (χ4v) is 2.26. The van der Waals surface area contributed by atoms with Gasteiger partial charge < -0.3 is 0 Å². The lowest BCUT2D eigenvalue weighted by Gasteiger charge is -2.13. The maximum atomic E-state index is 5.54. The van der Waals surface area contributed by atoms with Gasteiger partial charge in [0, 0.05) is 17.8 Å². The number of rotatable bonds is 7. The summed E-state index contributed by atoms with van der Waals surface area (Å²) in [5.74, 6) is 5.54. The van der Waals surface area contributed by atoms with E-state index in [0.717, 1.165) is 23.5 Å². The average molecular weight is 227 g/mol. The standard InChI is InChI=1S/C11H21N3S/c1-3-4-5-6-10(14-12)7-11-8-15-9(2)13-11/h8,10,14H,3-7,12H2,1-2H3. The van der Waals surface area contributed by atoms with Gasteiger partial charge in [-0.25, -0.2) is 4.98 Å². The van der Waals surface area contributed by atoms with Crippen molar-refractivity contribution in [1.29, 1.82) is 0 Å². The first-order valence-corrected chi connectivity index (χ1v) is 6.51. The molecule has 86 valence electrons. The predicted molar refractivity (Wildman–Crippen MR) is 65.8 cm³/mol. The van der Waals surface area contributed by atoms with Gasteiger partial charge in [0.2, 0.25) is 0 Å². The zero-order valence-electron chi connectivity index (χ0n) is 9.62. The largest absolute Gasteiger partial charge is 0.271 e. The topological polar surface area (TPSA) is 50.9 Å². The molecule has 1 aromatic rings. The maximum absolute atomic E-state index is 5.54. The molecule has 3 N–H and O–H groups in total. The average Bonchev–Trinajstić information content (AvgIpc) is 2.63. The molecule has 1 atom stereocenters. The van der Waals surface area contributed by atoms with Crippen LogP contribution in [-0.2, 0) is 6.42 Å². The minimum atomic E-state index is 0.373.